The van der Waals surface area contributed by atoms with E-state index < -0.39 is 0 Å². The molecule has 0 saturated heterocycles. The normalized spacial score (nSPS) is 13.7. The first-order valence-corrected chi connectivity index (χ1v) is 9.55. The SMILES string of the molecule is O=C(CCn1c(-c2cccs2)n[nH]c1=S)N1CCc2ccccc2C1. The number of hydrogen-bond acceptors (Lipinski definition) is 4. The van der Waals surface area contributed by atoms with Crippen molar-refractivity contribution in [3.05, 3.63) is 57.7 Å². The number of nitrogens with zero attached hydrogens (tertiary/aromatic N) is 3. The zero-order chi connectivity index (χ0) is 17.2. The van der Waals surface area contributed by atoms with E-state index >= 15 is 0 Å². The van der Waals surface area contributed by atoms with E-state index in [-0.39, 0.29) is 5.91 Å². The Morgan fingerprint density at radius 1 is 1.24 bits per heavy atom. The molecule has 1 aliphatic heterocycles. The first kappa shape index (κ1) is 16.2. The number of carbonyl (C=O) groups excluding carboxylic acids is 1. The van der Waals surface area contributed by atoms with Crippen LogP contribution in [0.5, 0.6) is 0 Å². The summed E-state index contributed by atoms with van der Waals surface area (Å²) in [5.41, 5.74) is 2.60. The predicted octanol–water partition coefficient (Wildman–Crippen LogP) is 3.64. The van der Waals surface area contributed by atoms with Crippen LogP contribution in [0.3, 0.4) is 0 Å². The van der Waals surface area contributed by atoms with Gasteiger partial charge in [0, 0.05) is 26.1 Å². The summed E-state index contributed by atoms with van der Waals surface area (Å²) in [6.45, 7) is 2.02. The molecule has 1 aliphatic rings. The molecule has 4 rings (SSSR count). The van der Waals surface area contributed by atoms with Crippen LogP contribution in [-0.4, -0.2) is 32.1 Å². The number of hydrogen-bond donors (Lipinski definition) is 1. The third kappa shape index (κ3) is 3.29. The molecule has 0 saturated carbocycles. The molecule has 2 aromatic heterocycles. The molecule has 0 bridgehead atoms. The lowest BCUT2D eigenvalue weighted by atomic mass is 10.00. The summed E-state index contributed by atoms with van der Waals surface area (Å²) in [5.74, 6) is 0.964. The molecule has 3 aromatic rings. The molecule has 0 aliphatic carbocycles. The summed E-state index contributed by atoms with van der Waals surface area (Å²) in [6, 6.07) is 12.3. The topological polar surface area (TPSA) is 53.9 Å². The Hall–Kier alpha value is -2.25. The first-order valence-electron chi connectivity index (χ1n) is 8.26. The van der Waals surface area contributed by atoms with E-state index in [1.54, 1.807) is 11.3 Å². The number of fused-ring (bicyclic) bond motifs is 1. The Bertz CT molecular complexity index is 942. The summed E-state index contributed by atoms with van der Waals surface area (Å²) in [6.07, 6.45) is 1.35. The maximum atomic E-state index is 12.7. The maximum Gasteiger partial charge on any atom is 0.224 e. The van der Waals surface area contributed by atoms with E-state index in [1.165, 1.54) is 11.1 Å². The minimum absolute atomic E-state index is 0.162. The Morgan fingerprint density at radius 3 is 2.88 bits per heavy atom. The number of carbonyl (C=O) groups is 1. The van der Waals surface area contributed by atoms with E-state index in [0.29, 0.717) is 24.3 Å². The number of benzene rings is 1. The minimum Gasteiger partial charge on any atom is -0.338 e. The number of thiophene rings is 1. The van der Waals surface area contributed by atoms with E-state index in [1.807, 2.05) is 33.0 Å². The molecule has 0 atom stereocenters. The molecule has 1 aromatic carbocycles. The van der Waals surface area contributed by atoms with Gasteiger partial charge < -0.3 is 4.90 Å². The molecule has 0 spiro atoms. The van der Waals surface area contributed by atoms with Gasteiger partial charge >= 0.3 is 0 Å². The number of nitrogens with one attached hydrogen (secondary N) is 1. The second-order valence-corrected chi connectivity index (χ2v) is 7.40. The molecule has 25 heavy (non-hydrogen) atoms. The molecule has 1 amide bonds. The van der Waals surface area contributed by atoms with Gasteiger partial charge in [-0.25, -0.2) is 0 Å². The highest BCUT2D eigenvalue weighted by Crippen LogP contribution is 2.23. The van der Waals surface area contributed by atoms with Gasteiger partial charge in [-0.3, -0.25) is 14.5 Å². The monoisotopic (exact) mass is 370 g/mol. The molecular weight excluding hydrogens is 352 g/mol. The summed E-state index contributed by atoms with van der Waals surface area (Å²) in [5, 5.41) is 9.16. The van der Waals surface area contributed by atoms with Crippen molar-refractivity contribution < 1.29 is 4.79 Å². The lowest BCUT2D eigenvalue weighted by Crippen LogP contribution is -2.36. The summed E-state index contributed by atoms with van der Waals surface area (Å²) in [7, 11) is 0. The lowest BCUT2D eigenvalue weighted by molar-refractivity contribution is -0.132. The van der Waals surface area contributed by atoms with Crippen LogP contribution in [0.1, 0.15) is 17.5 Å². The third-order valence-corrected chi connectivity index (χ3v) is 5.71. The fourth-order valence-electron chi connectivity index (χ4n) is 3.19. The van der Waals surface area contributed by atoms with E-state index in [9.17, 15) is 4.79 Å². The van der Waals surface area contributed by atoms with Crippen LogP contribution in [0.4, 0.5) is 0 Å². The molecular formula is C18H18N4OS2. The number of rotatable bonds is 4. The highest BCUT2D eigenvalue weighted by molar-refractivity contribution is 7.71. The molecule has 0 fully saturated rings. The molecule has 5 nitrogen and oxygen atoms in total. The summed E-state index contributed by atoms with van der Waals surface area (Å²) < 4.78 is 2.47. The van der Waals surface area contributed by atoms with Crippen molar-refractivity contribution in [2.45, 2.75) is 25.9 Å². The van der Waals surface area contributed by atoms with Crippen LogP contribution in [0, 0.1) is 4.77 Å². The Morgan fingerprint density at radius 2 is 2.08 bits per heavy atom. The Balaban J connectivity index is 1.45. The van der Waals surface area contributed by atoms with Gasteiger partial charge in [0.1, 0.15) is 0 Å². The van der Waals surface area contributed by atoms with Crippen LogP contribution >= 0.6 is 23.6 Å². The number of amides is 1. The molecule has 1 N–H and O–H groups in total. The Labute approximate surface area is 154 Å². The van der Waals surface area contributed by atoms with Crippen LogP contribution in [0.25, 0.3) is 10.7 Å². The lowest BCUT2D eigenvalue weighted by Gasteiger charge is -2.29. The van der Waals surface area contributed by atoms with Gasteiger partial charge in [0.25, 0.3) is 0 Å². The zero-order valence-electron chi connectivity index (χ0n) is 13.6. The fourth-order valence-corrected chi connectivity index (χ4v) is 4.14. The molecule has 3 heterocycles. The van der Waals surface area contributed by atoms with E-state index in [2.05, 4.69) is 28.4 Å². The second kappa shape index (κ2) is 6.93. The van der Waals surface area contributed by atoms with Crippen molar-refractivity contribution in [1.82, 2.24) is 19.7 Å². The highest BCUT2D eigenvalue weighted by Gasteiger charge is 2.20. The highest BCUT2D eigenvalue weighted by atomic mass is 32.1. The maximum absolute atomic E-state index is 12.7. The summed E-state index contributed by atoms with van der Waals surface area (Å²) in [4.78, 5) is 15.7. The van der Waals surface area contributed by atoms with Crippen molar-refractivity contribution in [3.63, 3.8) is 0 Å². The number of aromatic amines is 1. The van der Waals surface area contributed by atoms with Crippen LogP contribution < -0.4 is 0 Å². The van der Waals surface area contributed by atoms with Crippen LogP contribution in [0.2, 0.25) is 0 Å². The molecule has 0 unspecified atom stereocenters. The average Bonchev–Trinajstić information content (AvgIpc) is 3.29. The Kier molecular flexibility index (Phi) is 4.50. The number of H-pyrrole nitrogens is 1. The average molecular weight is 371 g/mol. The summed E-state index contributed by atoms with van der Waals surface area (Å²) >= 11 is 6.95. The predicted molar refractivity (Wildman–Crippen MR) is 101 cm³/mol. The van der Waals surface area contributed by atoms with Gasteiger partial charge in [-0.15, -0.1) is 11.3 Å². The zero-order valence-corrected chi connectivity index (χ0v) is 15.3. The van der Waals surface area contributed by atoms with E-state index in [4.69, 9.17) is 12.2 Å². The quantitative estimate of drug-likeness (QED) is 0.714. The standard InChI is InChI=1S/C18H18N4OS2/c23-16(21-9-7-13-4-1-2-5-14(13)12-21)8-10-22-17(19-20-18(22)24)15-6-3-11-25-15/h1-6,11H,7-10,12H2,(H,20,24). The van der Waals surface area contributed by atoms with Gasteiger partial charge in [0.15, 0.2) is 10.6 Å². The van der Waals surface area contributed by atoms with Crippen LogP contribution in [0.15, 0.2) is 41.8 Å². The molecule has 128 valence electrons. The van der Waals surface area contributed by atoms with E-state index in [0.717, 1.165) is 23.7 Å². The van der Waals surface area contributed by atoms with Crippen LogP contribution in [-0.2, 0) is 24.3 Å². The fraction of sp³-hybridized carbons (Fsp3) is 0.278. The minimum atomic E-state index is 0.162. The van der Waals surface area contributed by atoms with Crippen molar-refractivity contribution in [2.24, 2.45) is 0 Å². The molecule has 7 heteroatoms. The van der Waals surface area contributed by atoms with Crippen molar-refractivity contribution in [3.8, 4) is 10.7 Å². The largest absolute Gasteiger partial charge is 0.338 e. The first-order chi connectivity index (χ1) is 12.2. The second-order valence-electron chi connectivity index (χ2n) is 6.07. The smallest absolute Gasteiger partial charge is 0.224 e. The van der Waals surface area contributed by atoms with Gasteiger partial charge in [-0.1, -0.05) is 30.3 Å². The van der Waals surface area contributed by atoms with Gasteiger partial charge in [-0.05, 0) is 41.2 Å². The van der Waals surface area contributed by atoms with Gasteiger partial charge in [0.2, 0.25) is 5.91 Å². The number of aromatic nitrogens is 3. The van der Waals surface area contributed by atoms with Crippen molar-refractivity contribution in [1.29, 1.82) is 0 Å². The third-order valence-electron chi connectivity index (χ3n) is 4.53. The van der Waals surface area contributed by atoms with Crippen molar-refractivity contribution >= 4 is 29.5 Å². The van der Waals surface area contributed by atoms with Crippen molar-refractivity contribution in [2.75, 3.05) is 6.54 Å². The molecule has 0 radical (unpaired) electrons. The van der Waals surface area contributed by atoms with Gasteiger partial charge in [0.05, 0.1) is 4.88 Å². The van der Waals surface area contributed by atoms with Gasteiger partial charge in [-0.2, -0.15) is 5.10 Å².